The molecule has 0 aromatic carbocycles. The Morgan fingerprint density at radius 3 is 2.25 bits per heavy atom. The summed E-state index contributed by atoms with van der Waals surface area (Å²) in [6.45, 7) is 6.04. The summed E-state index contributed by atoms with van der Waals surface area (Å²) < 4.78 is 35.4. The number of hydrogen-bond donors (Lipinski definition) is 1. The first-order valence-corrected chi connectivity index (χ1v) is 5.73. The van der Waals surface area contributed by atoms with Crippen LogP contribution in [0, 0.1) is 5.92 Å². The lowest BCUT2D eigenvalue weighted by atomic mass is 10.1. The van der Waals surface area contributed by atoms with Crippen molar-refractivity contribution in [3.8, 4) is 0 Å². The highest BCUT2D eigenvalue weighted by molar-refractivity contribution is 5.76. The molecule has 1 aliphatic rings. The maximum atomic E-state index is 11.8. The lowest BCUT2D eigenvalue weighted by Gasteiger charge is -2.13. The SMILES string of the molecule is CC.CC1CCC(NC(=O)CC(F)(F)F)C1. The van der Waals surface area contributed by atoms with Gasteiger partial charge in [-0.2, -0.15) is 13.2 Å². The molecule has 0 aromatic rings. The Bertz CT molecular complexity index is 216. The van der Waals surface area contributed by atoms with Gasteiger partial charge in [0.2, 0.25) is 5.91 Å². The van der Waals surface area contributed by atoms with Crippen LogP contribution < -0.4 is 5.32 Å². The van der Waals surface area contributed by atoms with Crippen molar-refractivity contribution in [3.63, 3.8) is 0 Å². The molecule has 1 aliphatic carbocycles. The molecule has 0 aromatic heterocycles. The highest BCUT2D eigenvalue weighted by atomic mass is 19.4. The zero-order valence-corrected chi connectivity index (χ0v) is 10.0. The van der Waals surface area contributed by atoms with Gasteiger partial charge in [-0.3, -0.25) is 4.79 Å². The third-order valence-electron chi connectivity index (χ3n) is 2.42. The van der Waals surface area contributed by atoms with Crippen LogP contribution in [0.25, 0.3) is 0 Å². The number of nitrogens with one attached hydrogen (secondary N) is 1. The molecular formula is C11H20F3NO. The van der Waals surface area contributed by atoms with E-state index in [0.29, 0.717) is 5.92 Å². The quantitative estimate of drug-likeness (QED) is 0.787. The van der Waals surface area contributed by atoms with Gasteiger partial charge >= 0.3 is 6.18 Å². The van der Waals surface area contributed by atoms with Crippen LogP contribution in [0.4, 0.5) is 13.2 Å². The summed E-state index contributed by atoms with van der Waals surface area (Å²) in [4.78, 5) is 10.9. The molecule has 16 heavy (non-hydrogen) atoms. The van der Waals surface area contributed by atoms with Crippen LogP contribution in [-0.4, -0.2) is 18.1 Å². The second kappa shape index (κ2) is 6.76. The van der Waals surface area contributed by atoms with Crippen molar-refractivity contribution in [1.82, 2.24) is 5.32 Å². The van der Waals surface area contributed by atoms with Crippen molar-refractivity contribution < 1.29 is 18.0 Å². The van der Waals surface area contributed by atoms with Gasteiger partial charge in [0.1, 0.15) is 6.42 Å². The normalized spacial score (nSPS) is 24.6. The molecule has 2 nitrogen and oxygen atoms in total. The molecule has 2 unspecified atom stereocenters. The molecule has 96 valence electrons. The van der Waals surface area contributed by atoms with Crippen molar-refractivity contribution in [2.24, 2.45) is 5.92 Å². The first-order valence-electron chi connectivity index (χ1n) is 5.73. The molecule has 0 heterocycles. The lowest BCUT2D eigenvalue weighted by Crippen LogP contribution is -2.35. The van der Waals surface area contributed by atoms with Crippen LogP contribution in [0.2, 0.25) is 0 Å². The van der Waals surface area contributed by atoms with Gasteiger partial charge in [0.05, 0.1) is 0 Å². The van der Waals surface area contributed by atoms with Crippen molar-refractivity contribution in [2.75, 3.05) is 0 Å². The van der Waals surface area contributed by atoms with Crippen molar-refractivity contribution in [1.29, 1.82) is 0 Å². The second-order valence-corrected chi connectivity index (χ2v) is 3.97. The molecule has 5 heteroatoms. The maximum Gasteiger partial charge on any atom is 0.397 e. The third-order valence-corrected chi connectivity index (χ3v) is 2.42. The van der Waals surface area contributed by atoms with Gasteiger partial charge in [0, 0.05) is 6.04 Å². The van der Waals surface area contributed by atoms with E-state index in [1.54, 1.807) is 0 Å². The summed E-state index contributed by atoms with van der Waals surface area (Å²) in [6.07, 6.45) is -3.18. The fraction of sp³-hybridized carbons (Fsp3) is 0.909. The zero-order chi connectivity index (χ0) is 12.8. The van der Waals surface area contributed by atoms with E-state index in [0.717, 1.165) is 19.3 Å². The monoisotopic (exact) mass is 239 g/mol. The molecule has 0 spiro atoms. The summed E-state index contributed by atoms with van der Waals surface area (Å²) in [5, 5.41) is 2.41. The summed E-state index contributed by atoms with van der Waals surface area (Å²) in [7, 11) is 0. The van der Waals surface area contributed by atoms with E-state index in [4.69, 9.17) is 0 Å². The van der Waals surface area contributed by atoms with Crippen LogP contribution in [0.3, 0.4) is 0 Å². The molecule has 1 amide bonds. The second-order valence-electron chi connectivity index (χ2n) is 3.97. The predicted octanol–water partition coefficient (Wildman–Crippen LogP) is 3.27. The van der Waals surface area contributed by atoms with Crippen molar-refractivity contribution in [3.05, 3.63) is 0 Å². The number of alkyl halides is 3. The largest absolute Gasteiger partial charge is 0.397 e. The van der Waals surface area contributed by atoms with E-state index < -0.39 is 18.5 Å². The van der Waals surface area contributed by atoms with E-state index in [1.165, 1.54) is 0 Å². The molecule has 1 rings (SSSR count). The number of rotatable bonds is 2. The smallest absolute Gasteiger partial charge is 0.353 e. The van der Waals surface area contributed by atoms with Crippen molar-refractivity contribution in [2.45, 2.75) is 58.7 Å². The minimum atomic E-state index is -4.39. The van der Waals surface area contributed by atoms with E-state index in [9.17, 15) is 18.0 Å². The van der Waals surface area contributed by atoms with Crippen LogP contribution >= 0.6 is 0 Å². The molecule has 2 atom stereocenters. The third kappa shape index (κ3) is 6.69. The molecule has 0 aliphatic heterocycles. The van der Waals surface area contributed by atoms with E-state index in [2.05, 4.69) is 5.32 Å². The van der Waals surface area contributed by atoms with E-state index in [1.807, 2.05) is 20.8 Å². The summed E-state index contributed by atoms with van der Waals surface area (Å²) in [5.41, 5.74) is 0. The fourth-order valence-electron chi connectivity index (χ4n) is 1.80. The molecule has 0 bridgehead atoms. The Kier molecular flexibility index (Phi) is 6.45. The number of hydrogen-bond acceptors (Lipinski definition) is 1. The standard InChI is InChI=1S/C9H14F3NO.C2H6/c1-6-2-3-7(4-6)13-8(14)5-9(10,11)12;1-2/h6-7H,2-5H2,1H3,(H,13,14);1-2H3. The Hall–Kier alpha value is -0.740. The van der Waals surface area contributed by atoms with Gasteiger partial charge in [-0.25, -0.2) is 0 Å². The van der Waals surface area contributed by atoms with Gasteiger partial charge < -0.3 is 5.32 Å². The summed E-state index contributed by atoms with van der Waals surface area (Å²) in [6, 6.07) is -0.0557. The summed E-state index contributed by atoms with van der Waals surface area (Å²) in [5.74, 6) is -0.400. The average Bonchev–Trinajstić information content (AvgIpc) is 2.51. The lowest BCUT2D eigenvalue weighted by molar-refractivity contribution is -0.154. The number of carbonyl (C=O) groups is 1. The minimum absolute atomic E-state index is 0.0557. The van der Waals surface area contributed by atoms with E-state index in [-0.39, 0.29) is 6.04 Å². The molecular weight excluding hydrogens is 219 g/mol. The Morgan fingerprint density at radius 2 is 1.88 bits per heavy atom. The van der Waals surface area contributed by atoms with Gasteiger partial charge in [-0.15, -0.1) is 0 Å². The highest BCUT2D eigenvalue weighted by Crippen LogP contribution is 2.25. The molecule has 0 saturated heterocycles. The van der Waals surface area contributed by atoms with Gasteiger partial charge in [-0.05, 0) is 25.2 Å². The van der Waals surface area contributed by atoms with Gasteiger partial charge in [0.15, 0.2) is 0 Å². The van der Waals surface area contributed by atoms with Crippen molar-refractivity contribution >= 4 is 5.91 Å². The van der Waals surface area contributed by atoms with E-state index >= 15 is 0 Å². The molecule has 1 fully saturated rings. The Balaban J connectivity index is 0.00000106. The van der Waals surface area contributed by atoms with Gasteiger partial charge in [-0.1, -0.05) is 20.8 Å². The first kappa shape index (κ1) is 15.3. The summed E-state index contributed by atoms with van der Waals surface area (Å²) >= 11 is 0. The minimum Gasteiger partial charge on any atom is -0.353 e. The molecule has 1 N–H and O–H groups in total. The zero-order valence-electron chi connectivity index (χ0n) is 10.0. The first-order chi connectivity index (χ1) is 7.37. The molecule has 1 saturated carbocycles. The number of amides is 1. The van der Waals surface area contributed by atoms with Crippen LogP contribution in [0.1, 0.15) is 46.5 Å². The van der Waals surface area contributed by atoms with Crippen LogP contribution in [-0.2, 0) is 4.79 Å². The predicted molar refractivity (Wildman–Crippen MR) is 57.0 cm³/mol. The topological polar surface area (TPSA) is 29.1 Å². The number of halogens is 3. The Morgan fingerprint density at radius 1 is 1.31 bits per heavy atom. The van der Waals surface area contributed by atoms with Crippen LogP contribution in [0.5, 0.6) is 0 Å². The average molecular weight is 239 g/mol. The Labute approximate surface area is 94.6 Å². The fourth-order valence-corrected chi connectivity index (χ4v) is 1.80. The maximum absolute atomic E-state index is 11.8. The highest BCUT2D eigenvalue weighted by Gasteiger charge is 2.32. The van der Waals surface area contributed by atoms with Crippen LogP contribution in [0.15, 0.2) is 0 Å². The van der Waals surface area contributed by atoms with Gasteiger partial charge in [0.25, 0.3) is 0 Å². The number of carbonyl (C=O) groups excluding carboxylic acids is 1. The molecule has 0 radical (unpaired) electrons.